The van der Waals surface area contributed by atoms with E-state index in [2.05, 4.69) is 0 Å². The van der Waals surface area contributed by atoms with Crippen molar-refractivity contribution in [1.29, 1.82) is 0 Å². The average molecular weight is 903 g/mol. The van der Waals surface area contributed by atoms with Gasteiger partial charge in [-0.2, -0.15) is 0 Å². The number of aliphatic hydroxyl groups excluding tert-OH is 11. The highest BCUT2D eigenvalue weighted by atomic mass is 16.8. The van der Waals surface area contributed by atoms with E-state index in [0.29, 0.717) is 0 Å². The Hall–Kier alpha value is -4.03. The molecule has 20 atom stereocenters. The summed E-state index contributed by atoms with van der Waals surface area (Å²) < 4.78 is 51.8. The maximum atomic E-state index is 14.5. The van der Waals surface area contributed by atoms with Crippen molar-refractivity contribution in [2.75, 3.05) is 6.61 Å². The van der Waals surface area contributed by atoms with E-state index in [0.717, 1.165) is 24.3 Å². The molecule has 0 saturated carbocycles. The fourth-order valence-electron chi connectivity index (χ4n) is 7.55. The Morgan fingerprint density at radius 2 is 1.10 bits per heavy atom. The van der Waals surface area contributed by atoms with E-state index in [4.69, 9.17) is 42.3 Å². The van der Waals surface area contributed by atoms with Gasteiger partial charge in [-0.25, -0.2) is 0 Å². The molecule has 24 nitrogen and oxygen atoms in total. The monoisotopic (exact) mass is 902 g/mol. The van der Waals surface area contributed by atoms with Gasteiger partial charge in [0.25, 0.3) is 0 Å². The molecule has 4 saturated heterocycles. The van der Waals surface area contributed by atoms with Crippen molar-refractivity contribution in [2.45, 2.75) is 144 Å². The predicted molar refractivity (Wildman–Crippen MR) is 203 cm³/mol. The Labute approximate surface area is 355 Å². The van der Waals surface area contributed by atoms with Crippen LogP contribution >= 0.6 is 0 Å². The molecule has 4 fully saturated rings. The molecule has 3 aromatic rings. The zero-order valence-electron chi connectivity index (χ0n) is 33.5. The first-order valence-electron chi connectivity index (χ1n) is 19.8. The van der Waals surface area contributed by atoms with Gasteiger partial charge in [0.1, 0.15) is 95.7 Å². The van der Waals surface area contributed by atoms with Crippen molar-refractivity contribution >= 4 is 11.0 Å². The first-order valence-corrected chi connectivity index (χ1v) is 19.8. The molecule has 7 rings (SSSR count). The SMILES string of the molecule is CC1OC(OCC2OC(Oc3c(-c4ccc(O)c(O)c4)oc4cc(OC5OC(C)C(O)C(O)C5O)cc(O)c4c3=O)C(OC3OC(C)C(O)C(O)C3O)C(O)C2O)C(O)C(O)C1O. The molecule has 0 radical (unpaired) electrons. The normalized spacial score (nSPS) is 41.0. The highest BCUT2D eigenvalue weighted by Gasteiger charge is 2.52. The number of rotatable bonds is 10. The molecule has 0 spiro atoms. The summed E-state index contributed by atoms with van der Waals surface area (Å²) >= 11 is 0. The van der Waals surface area contributed by atoms with Gasteiger partial charge in [0.2, 0.25) is 23.8 Å². The second-order valence-corrected chi connectivity index (χ2v) is 15.8. The highest BCUT2D eigenvalue weighted by Crippen LogP contribution is 2.41. The molecule has 20 unspecified atom stereocenters. The molecule has 0 amide bonds. The van der Waals surface area contributed by atoms with E-state index in [1.807, 2.05) is 0 Å². The summed E-state index contributed by atoms with van der Waals surface area (Å²) in [7, 11) is 0. The number of phenolic OH excluding ortho intramolecular Hbond substituents is 3. The van der Waals surface area contributed by atoms with Crippen molar-refractivity contribution < 1.29 is 114 Å². The molecule has 63 heavy (non-hydrogen) atoms. The smallest absolute Gasteiger partial charge is 0.239 e. The zero-order valence-corrected chi connectivity index (χ0v) is 33.5. The van der Waals surface area contributed by atoms with E-state index in [9.17, 15) is 76.3 Å². The number of aromatic hydroxyl groups is 3. The van der Waals surface area contributed by atoms with Crippen molar-refractivity contribution in [3.05, 3.63) is 40.6 Å². The lowest BCUT2D eigenvalue weighted by Crippen LogP contribution is -2.65. The van der Waals surface area contributed by atoms with Gasteiger partial charge in [-0.05, 0) is 39.0 Å². The van der Waals surface area contributed by atoms with Gasteiger partial charge in [0.05, 0.1) is 24.9 Å². The Balaban J connectivity index is 1.28. The van der Waals surface area contributed by atoms with Crippen LogP contribution in [0.15, 0.2) is 39.5 Å². The fourth-order valence-corrected chi connectivity index (χ4v) is 7.55. The third-order valence-electron chi connectivity index (χ3n) is 11.4. The Bertz CT molecular complexity index is 2130. The predicted octanol–water partition coefficient (Wildman–Crippen LogP) is -4.33. The molecule has 5 heterocycles. The highest BCUT2D eigenvalue weighted by molar-refractivity contribution is 5.88. The molecular formula is C39H50O24. The van der Waals surface area contributed by atoms with E-state index in [1.54, 1.807) is 0 Å². The maximum Gasteiger partial charge on any atom is 0.239 e. The molecule has 350 valence electrons. The lowest BCUT2D eigenvalue weighted by Gasteiger charge is -2.46. The molecule has 0 aliphatic carbocycles. The number of hydrogen-bond donors (Lipinski definition) is 14. The standard InChI is InChI=1S/C39H50O24/c1-10-21(43)26(48)30(52)36(56-10)55-9-19-24(46)29(51)35(63-38-32(54)28(50)23(45)12(3)58-38)39(61-19)62-34-25(47)20-17(42)7-14(59-37-31(53)27(49)22(44)11(2)57-37)8-18(20)60-33(34)13-4-5-15(40)16(41)6-13/h4-8,10-12,19,21-24,26-32,35-46,48-54H,9H2,1-3H3. The summed E-state index contributed by atoms with van der Waals surface area (Å²) in [4.78, 5) is 14.5. The summed E-state index contributed by atoms with van der Waals surface area (Å²) in [6.07, 6.45) is -33.4. The number of aliphatic hydroxyl groups is 11. The summed E-state index contributed by atoms with van der Waals surface area (Å²) in [5.41, 5.74) is -1.75. The molecule has 1 aromatic heterocycles. The van der Waals surface area contributed by atoms with Crippen LogP contribution in [0.25, 0.3) is 22.3 Å². The topological polar surface area (TPSA) is 387 Å². The zero-order chi connectivity index (χ0) is 45.9. The maximum absolute atomic E-state index is 14.5. The van der Waals surface area contributed by atoms with E-state index in [-0.39, 0.29) is 11.3 Å². The molecule has 0 bridgehead atoms. The second kappa shape index (κ2) is 18.5. The summed E-state index contributed by atoms with van der Waals surface area (Å²) in [6, 6.07) is 5.17. The van der Waals surface area contributed by atoms with E-state index < -0.39 is 175 Å². The lowest BCUT2D eigenvalue weighted by atomic mass is 9.97. The minimum Gasteiger partial charge on any atom is -0.507 e. The van der Waals surface area contributed by atoms with Crippen LogP contribution in [-0.2, 0) is 28.4 Å². The summed E-state index contributed by atoms with van der Waals surface area (Å²) in [6.45, 7) is 3.38. The van der Waals surface area contributed by atoms with Crippen LogP contribution in [0.2, 0.25) is 0 Å². The van der Waals surface area contributed by atoms with Crippen LogP contribution < -0.4 is 14.9 Å². The number of hydrogen-bond acceptors (Lipinski definition) is 24. The summed E-state index contributed by atoms with van der Waals surface area (Å²) in [5.74, 6) is -3.77. The third kappa shape index (κ3) is 9.01. The van der Waals surface area contributed by atoms with E-state index >= 15 is 0 Å². The number of ether oxygens (including phenoxy) is 8. The molecule has 14 N–H and O–H groups in total. The van der Waals surface area contributed by atoms with Crippen molar-refractivity contribution in [2.24, 2.45) is 0 Å². The molecular weight excluding hydrogens is 852 g/mol. The van der Waals surface area contributed by atoms with Crippen LogP contribution in [0, 0.1) is 0 Å². The third-order valence-corrected chi connectivity index (χ3v) is 11.4. The van der Waals surface area contributed by atoms with Crippen LogP contribution in [0.4, 0.5) is 0 Å². The van der Waals surface area contributed by atoms with Gasteiger partial charge >= 0.3 is 0 Å². The fraction of sp³-hybridized carbons (Fsp3) is 0.615. The number of fused-ring (bicyclic) bond motifs is 1. The van der Waals surface area contributed by atoms with Gasteiger partial charge in [-0.15, -0.1) is 0 Å². The Morgan fingerprint density at radius 1 is 0.540 bits per heavy atom. The quantitative estimate of drug-likeness (QED) is 0.0855. The molecule has 24 heteroatoms. The van der Waals surface area contributed by atoms with Gasteiger partial charge in [0.15, 0.2) is 35.9 Å². The van der Waals surface area contributed by atoms with Crippen molar-refractivity contribution in [3.63, 3.8) is 0 Å². The van der Waals surface area contributed by atoms with Crippen LogP contribution in [0.1, 0.15) is 20.8 Å². The molecule has 4 aliphatic heterocycles. The Kier molecular flexibility index (Phi) is 13.8. The number of benzene rings is 2. The molecule has 2 aromatic carbocycles. The van der Waals surface area contributed by atoms with Crippen LogP contribution in [-0.4, -0.2) is 201 Å². The average Bonchev–Trinajstić information content (AvgIpc) is 3.24. The minimum absolute atomic E-state index is 0.161. The number of phenols is 3. The minimum atomic E-state index is -2.10. The van der Waals surface area contributed by atoms with Crippen LogP contribution in [0.5, 0.6) is 28.7 Å². The van der Waals surface area contributed by atoms with Gasteiger partial charge in [-0.1, -0.05) is 0 Å². The van der Waals surface area contributed by atoms with E-state index in [1.165, 1.54) is 26.8 Å². The summed E-state index contributed by atoms with van der Waals surface area (Å²) in [5, 5.41) is 147. The van der Waals surface area contributed by atoms with Crippen molar-refractivity contribution in [1.82, 2.24) is 0 Å². The lowest BCUT2D eigenvalue weighted by molar-refractivity contribution is -0.360. The first-order chi connectivity index (χ1) is 29.7. The molecule has 4 aliphatic rings. The van der Waals surface area contributed by atoms with Gasteiger partial charge in [-0.3, -0.25) is 4.79 Å². The largest absolute Gasteiger partial charge is 0.507 e. The Morgan fingerprint density at radius 3 is 1.70 bits per heavy atom. The van der Waals surface area contributed by atoms with Gasteiger partial charge in [0, 0.05) is 17.7 Å². The van der Waals surface area contributed by atoms with Crippen LogP contribution in [0.3, 0.4) is 0 Å². The second-order valence-electron chi connectivity index (χ2n) is 15.8. The van der Waals surface area contributed by atoms with Crippen molar-refractivity contribution in [3.8, 4) is 40.1 Å². The van der Waals surface area contributed by atoms with Gasteiger partial charge < -0.3 is 114 Å². The first kappa shape index (κ1) is 46.9.